The van der Waals surface area contributed by atoms with E-state index in [-0.39, 0.29) is 24.3 Å². The maximum Gasteiger partial charge on any atom is 0.244 e. The number of aromatic nitrogens is 2. The molecular weight excluding hydrogens is 411 g/mol. The molecule has 0 saturated carbocycles. The first-order valence-corrected chi connectivity index (χ1v) is 9.60. The summed E-state index contributed by atoms with van der Waals surface area (Å²) in [5, 5.41) is 7.25. The molecule has 30 heavy (non-hydrogen) atoms. The van der Waals surface area contributed by atoms with Crippen LogP contribution in [-0.4, -0.2) is 41.6 Å². The number of methoxy groups -OCH3 is 1. The number of halogens is 2. The van der Waals surface area contributed by atoms with Gasteiger partial charge >= 0.3 is 0 Å². The van der Waals surface area contributed by atoms with Crippen molar-refractivity contribution in [3.05, 3.63) is 58.7 Å². The Bertz CT molecular complexity index is 1060. The summed E-state index contributed by atoms with van der Waals surface area (Å²) >= 11 is 6.00. The molecule has 0 saturated heterocycles. The SMILES string of the molecule is COc1ccc(Cl)cc1NC(=O)CN(C)C(C)c1nc(-c2ccc(F)c(C)c2)no1. The Morgan fingerprint density at radius 1 is 1.33 bits per heavy atom. The second kappa shape index (κ2) is 9.23. The summed E-state index contributed by atoms with van der Waals surface area (Å²) in [5.41, 5.74) is 1.64. The van der Waals surface area contributed by atoms with Crippen molar-refractivity contribution in [2.45, 2.75) is 19.9 Å². The van der Waals surface area contributed by atoms with Crippen LogP contribution in [0.3, 0.4) is 0 Å². The fraction of sp³-hybridized carbons (Fsp3) is 0.286. The Balaban J connectivity index is 1.66. The highest BCUT2D eigenvalue weighted by molar-refractivity contribution is 6.31. The van der Waals surface area contributed by atoms with Crippen molar-refractivity contribution < 1.29 is 18.4 Å². The van der Waals surface area contributed by atoms with E-state index in [0.717, 1.165) is 0 Å². The molecule has 3 rings (SSSR count). The third-order valence-electron chi connectivity index (χ3n) is 4.71. The lowest BCUT2D eigenvalue weighted by atomic mass is 10.1. The van der Waals surface area contributed by atoms with Crippen LogP contribution in [0.15, 0.2) is 40.9 Å². The fourth-order valence-electron chi connectivity index (χ4n) is 2.83. The summed E-state index contributed by atoms with van der Waals surface area (Å²) in [4.78, 5) is 18.6. The molecule has 7 nitrogen and oxygen atoms in total. The van der Waals surface area contributed by atoms with Crippen molar-refractivity contribution >= 4 is 23.2 Å². The van der Waals surface area contributed by atoms with E-state index in [1.807, 2.05) is 6.92 Å². The lowest BCUT2D eigenvalue weighted by Gasteiger charge is -2.21. The number of nitrogens with one attached hydrogen (secondary N) is 1. The van der Waals surface area contributed by atoms with Gasteiger partial charge in [-0.3, -0.25) is 9.69 Å². The number of carbonyl (C=O) groups is 1. The lowest BCUT2D eigenvalue weighted by Crippen LogP contribution is -2.32. The van der Waals surface area contributed by atoms with Crippen molar-refractivity contribution in [2.75, 3.05) is 26.0 Å². The zero-order valence-electron chi connectivity index (χ0n) is 17.1. The normalized spacial score (nSPS) is 12.1. The predicted molar refractivity (Wildman–Crippen MR) is 112 cm³/mol. The van der Waals surface area contributed by atoms with Crippen LogP contribution in [0.25, 0.3) is 11.4 Å². The summed E-state index contributed by atoms with van der Waals surface area (Å²) in [6.45, 7) is 3.59. The van der Waals surface area contributed by atoms with Crippen LogP contribution in [0.5, 0.6) is 5.75 Å². The highest BCUT2D eigenvalue weighted by Crippen LogP contribution is 2.28. The van der Waals surface area contributed by atoms with Gasteiger partial charge in [0.15, 0.2) is 0 Å². The van der Waals surface area contributed by atoms with Crippen LogP contribution in [0.2, 0.25) is 5.02 Å². The number of carbonyl (C=O) groups excluding carboxylic acids is 1. The van der Waals surface area contributed by atoms with Gasteiger partial charge in [0.2, 0.25) is 17.6 Å². The van der Waals surface area contributed by atoms with Crippen LogP contribution >= 0.6 is 11.6 Å². The van der Waals surface area contributed by atoms with E-state index in [0.29, 0.717) is 39.3 Å². The first-order chi connectivity index (χ1) is 14.3. The van der Waals surface area contributed by atoms with E-state index < -0.39 is 0 Å². The standard InChI is InChI=1S/C21H22ClFN4O3/c1-12-9-14(5-7-16(12)23)20-25-21(30-26-20)13(2)27(3)11-19(28)24-17-10-15(22)6-8-18(17)29-4/h5-10,13H,11H2,1-4H3,(H,24,28). The fourth-order valence-corrected chi connectivity index (χ4v) is 3.00. The van der Waals surface area contributed by atoms with Gasteiger partial charge in [-0.15, -0.1) is 0 Å². The molecule has 3 aromatic rings. The van der Waals surface area contributed by atoms with Gasteiger partial charge in [-0.05, 0) is 62.9 Å². The molecule has 1 N–H and O–H groups in total. The van der Waals surface area contributed by atoms with Gasteiger partial charge in [-0.1, -0.05) is 16.8 Å². The maximum atomic E-state index is 13.5. The number of aryl methyl sites for hydroxylation is 1. The Kier molecular flexibility index (Phi) is 6.69. The van der Waals surface area contributed by atoms with E-state index in [2.05, 4.69) is 15.5 Å². The molecule has 0 aliphatic heterocycles. The lowest BCUT2D eigenvalue weighted by molar-refractivity contribution is -0.117. The molecule has 1 aromatic heterocycles. The average molecular weight is 433 g/mol. The number of rotatable bonds is 7. The Morgan fingerprint density at radius 3 is 2.80 bits per heavy atom. The van der Waals surface area contributed by atoms with Crippen molar-refractivity contribution in [1.29, 1.82) is 0 Å². The van der Waals surface area contributed by atoms with Gasteiger partial charge in [0, 0.05) is 10.6 Å². The number of benzene rings is 2. The van der Waals surface area contributed by atoms with Crippen molar-refractivity contribution in [2.24, 2.45) is 0 Å². The van der Waals surface area contributed by atoms with E-state index in [1.54, 1.807) is 49.2 Å². The van der Waals surface area contributed by atoms with Crippen LogP contribution in [-0.2, 0) is 4.79 Å². The molecule has 1 heterocycles. The van der Waals surface area contributed by atoms with Crippen molar-refractivity contribution in [1.82, 2.24) is 15.0 Å². The molecule has 0 bridgehead atoms. The predicted octanol–water partition coefficient (Wildman–Crippen LogP) is 4.48. The van der Waals surface area contributed by atoms with Crippen LogP contribution in [0.1, 0.15) is 24.4 Å². The summed E-state index contributed by atoms with van der Waals surface area (Å²) in [6, 6.07) is 9.28. The monoisotopic (exact) mass is 432 g/mol. The zero-order chi connectivity index (χ0) is 21.8. The van der Waals surface area contributed by atoms with E-state index in [9.17, 15) is 9.18 Å². The van der Waals surface area contributed by atoms with Crippen LogP contribution in [0, 0.1) is 12.7 Å². The highest BCUT2D eigenvalue weighted by atomic mass is 35.5. The molecule has 0 spiro atoms. The van der Waals surface area contributed by atoms with Gasteiger partial charge < -0.3 is 14.6 Å². The van der Waals surface area contributed by atoms with Gasteiger partial charge in [0.25, 0.3) is 0 Å². The number of hydrogen-bond donors (Lipinski definition) is 1. The molecule has 1 atom stereocenters. The Morgan fingerprint density at radius 2 is 2.10 bits per heavy atom. The minimum atomic E-state index is -0.320. The van der Waals surface area contributed by atoms with Gasteiger partial charge in [0.1, 0.15) is 11.6 Å². The van der Waals surface area contributed by atoms with Crippen LogP contribution < -0.4 is 10.1 Å². The minimum absolute atomic E-state index is 0.0736. The second-order valence-electron chi connectivity index (χ2n) is 6.90. The molecule has 0 fully saturated rings. The highest BCUT2D eigenvalue weighted by Gasteiger charge is 2.22. The largest absolute Gasteiger partial charge is 0.495 e. The van der Waals surface area contributed by atoms with E-state index in [1.165, 1.54) is 13.2 Å². The molecule has 158 valence electrons. The number of ether oxygens (including phenoxy) is 1. The summed E-state index contributed by atoms with van der Waals surface area (Å²) < 4.78 is 24.1. The number of nitrogens with zero attached hydrogens (tertiary/aromatic N) is 3. The van der Waals surface area contributed by atoms with Crippen molar-refractivity contribution in [3.8, 4) is 17.1 Å². The molecule has 1 unspecified atom stereocenters. The summed E-state index contributed by atoms with van der Waals surface area (Å²) in [6.07, 6.45) is 0. The first-order valence-electron chi connectivity index (χ1n) is 9.22. The van der Waals surface area contributed by atoms with E-state index >= 15 is 0 Å². The van der Waals surface area contributed by atoms with Gasteiger partial charge in [-0.25, -0.2) is 4.39 Å². The van der Waals surface area contributed by atoms with E-state index in [4.69, 9.17) is 20.9 Å². The minimum Gasteiger partial charge on any atom is -0.495 e. The average Bonchev–Trinajstić information content (AvgIpc) is 3.19. The summed E-state index contributed by atoms with van der Waals surface area (Å²) in [7, 11) is 3.29. The number of hydrogen-bond acceptors (Lipinski definition) is 6. The molecular formula is C21H22ClFN4O3. The third-order valence-corrected chi connectivity index (χ3v) is 4.94. The third kappa shape index (κ3) is 4.95. The first kappa shape index (κ1) is 21.7. The Labute approximate surface area is 178 Å². The topological polar surface area (TPSA) is 80.5 Å². The maximum absolute atomic E-state index is 13.5. The van der Waals surface area contributed by atoms with Gasteiger partial charge in [0.05, 0.1) is 25.4 Å². The quantitative estimate of drug-likeness (QED) is 0.593. The molecule has 9 heteroatoms. The number of anilines is 1. The van der Waals surface area contributed by atoms with Crippen molar-refractivity contribution in [3.63, 3.8) is 0 Å². The summed E-state index contributed by atoms with van der Waals surface area (Å²) in [5.74, 6) is 0.681. The molecule has 0 aliphatic carbocycles. The van der Waals surface area contributed by atoms with Gasteiger partial charge in [-0.2, -0.15) is 4.98 Å². The molecule has 2 aromatic carbocycles. The van der Waals surface area contributed by atoms with Crippen LogP contribution in [0.4, 0.5) is 10.1 Å². The second-order valence-corrected chi connectivity index (χ2v) is 7.34. The number of amides is 1. The smallest absolute Gasteiger partial charge is 0.244 e. The molecule has 0 radical (unpaired) electrons. The Hall–Kier alpha value is -2.97. The molecule has 1 amide bonds. The molecule has 0 aliphatic rings. The number of likely N-dealkylation sites (N-methyl/N-ethyl adjacent to an activating group) is 1. The zero-order valence-corrected chi connectivity index (χ0v) is 17.8.